The number of hydrogen-bond donors (Lipinski definition) is 1. The second-order valence-electron chi connectivity index (χ2n) is 2.12. The van der Waals surface area contributed by atoms with E-state index >= 15 is 0 Å². The molecule has 0 spiro atoms. The van der Waals surface area contributed by atoms with Crippen LogP contribution in [0.2, 0.25) is 5.15 Å². The topological polar surface area (TPSA) is 47.0 Å². The summed E-state index contributed by atoms with van der Waals surface area (Å²) in [7, 11) is 1.64. The average Bonchev–Trinajstić information content (AvgIpc) is 2.05. The fourth-order valence-corrected chi connectivity index (χ4v) is 0.823. The largest absolute Gasteiger partial charge is 0.383 e. The molecule has 0 unspecified atom stereocenters. The van der Waals surface area contributed by atoms with E-state index in [1.807, 2.05) is 0 Å². The summed E-state index contributed by atoms with van der Waals surface area (Å²) in [5.74, 6) is 0.527. The van der Waals surface area contributed by atoms with E-state index in [0.717, 1.165) is 0 Å². The monoisotopic (exact) mass is 187 g/mol. The standard InChI is InChI=1S/C7H10ClN3O/c1-12-5-4-10-7-9-3-2-6(8)11-7/h2-3H,4-5H2,1H3,(H,9,10,11). The Morgan fingerprint density at radius 2 is 2.50 bits per heavy atom. The summed E-state index contributed by atoms with van der Waals surface area (Å²) in [6.45, 7) is 1.30. The number of anilines is 1. The van der Waals surface area contributed by atoms with Gasteiger partial charge in [-0.1, -0.05) is 11.6 Å². The third-order valence-electron chi connectivity index (χ3n) is 1.21. The summed E-state index contributed by atoms with van der Waals surface area (Å²) in [5.41, 5.74) is 0. The summed E-state index contributed by atoms with van der Waals surface area (Å²) in [5, 5.41) is 3.39. The third kappa shape index (κ3) is 3.02. The molecular formula is C7H10ClN3O. The number of aromatic nitrogens is 2. The SMILES string of the molecule is COCCNc1nccc(Cl)n1. The minimum absolute atomic E-state index is 0.435. The second kappa shape index (κ2) is 4.90. The van der Waals surface area contributed by atoms with E-state index in [-0.39, 0.29) is 0 Å². The van der Waals surface area contributed by atoms with E-state index in [2.05, 4.69) is 15.3 Å². The Kier molecular flexibility index (Phi) is 3.76. The Balaban J connectivity index is 2.41. The maximum Gasteiger partial charge on any atom is 0.224 e. The van der Waals surface area contributed by atoms with Crippen molar-refractivity contribution in [1.82, 2.24) is 9.97 Å². The highest BCUT2D eigenvalue weighted by Crippen LogP contribution is 2.04. The Bertz CT molecular complexity index is 244. The van der Waals surface area contributed by atoms with Crippen molar-refractivity contribution in [3.05, 3.63) is 17.4 Å². The van der Waals surface area contributed by atoms with Crippen molar-refractivity contribution in [2.24, 2.45) is 0 Å². The van der Waals surface area contributed by atoms with Crippen LogP contribution in [0.15, 0.2) is 12.3 Å². The number of halogens is 1. The van der Waals surface area contributed by atoms with Gasteiger partial charge < -0.3 is 10.1 Å². The van der Waals surface area contributed by atoms with Gasteiger partial charge in [-0.25, -0.2) is 9.97 Å². The predicted octanol–water partition coefficient (Wildman–Crippen LogP) is 1.19. The van der Waals surface area contributed by atoms with Crippen molar-refractivity contribution in [1.29, 1.82) is 0 Å². The summed E-state index contributed by atoms with van der Waals surface area (Å²) in [6.07, 6.45) is 1.60. The Hall–Kier alpha value is -0.870. The normalized spacial score (nSPS) is 9.83. The van der Waals surface area contributed by atoms with Gasteiger partial charge in [0, 0.05) is 19.9 Å². The molecule has 4 nitrogen and oxygen atoms in total. The average molecular weight is 188 g/mol. The van der Waals surface area contributed by atoms with Crippen LogP contribution in [0.3, 0.4) is 0 Å². The Morgan fingerprint density at radius 3 is 3.17 bits per heavy atom. The lowest BCUT2D eigenvalue weighted by Gasteiger charge is -2.02. The van der Waals surface area contributed by atoms with Crippen LogP contribution in [0.5, 0.6) is 0 Å². The lowest BCUT2D eigenvalue weighted by Crippen LogP contribution is -2.09. The number of nitrogens with zero attached hydrogens (tertiary/aromatic N) is 2. The molecule has 0 aliphatic rings. The quantitative estimate of drug-likeness (QED) is 0.568. The summed E-state index contributed by atoms with van der Waals surface area (Å²) >= 11 is 5.64. The highest BCUT2D eigenvalue weighted by molar-refractivity contribution is 6.29. The molecule has 1 N–H and O–H groups in total. The van der Waals surface area contributed by atoms with Crippen LogP contribution in [0.4, 0.5) is 5.95 Å². The fourth-order valence-electron chi connectivity index (χ4n) is 0.687. The van der Waals surface area contributed by atoms with E-state index in [4.69, 9.17) is 16.3 Å². The Labute approximate surface area is 75.9 Å². The van der Waals surface area contributed by atoms with E-state index in [0.29, 0.717) is 24.3 Å². The number of ether oxygens (including phenoxy) is 1. The molecule has 1 rings (SSSR count). The highest BCUT2D eigenvalue weighted by Gasteiger charge is 1.94. The zero-order valence-electron chi connectivity index (χ0n) is 6.75. The lowest BCUT2D eigenvalue weighted by molar-refractivity contribution is 0.210. The van der Waals surface area contributed by atoms with Gasteiger partial charge in [-0.3, -0.25) is 0 Å². The molecule has 12 heavy (non-hydrogen) atoms. The molecule has 0 saturated heterocycles. The number of nitrogens with one attached hydrogen (secondary N) is 1. The summed E-state index contributed by atoms with van der Waals surface area (Å²) < 4.78 is 4.84. The van der Waals surface area contributed by atoms with Crippen LogP contribution in [0.1, 0.15) is 0 Å². The van der Waals surface area contributed by atoms with Crippen LogP contribution in [0.25, 0.3) is 0 Å². The molecule has 66 valence electrons. The van der Waals surface area contributed by atoms with E-state index < -0.39 is 0 Å². The van der Waals surface area contributed by atoms with Crippen LogP contribution >= 0.6 is 11.6 Å². The van der Waals surface area contributed by atoms with Crippen molar-refractivity contribution in [3.63, 3.8) is 0 Å². The number of methoxy groups -OCH3 is 1. The third-order valence-corrected chi connectivity index (χ3v) is 1.42. The van der Waals surface area contributed by atoms with Gasteiger partial charge in [0.1, 0.15) is 5.15 Å². The molecule has 0 aliphatic heterocycles. The first kappa shape index (κ1) is 9.22. The molecule has 1 heterocycles. The van der Waals surface area contributed by atoms with Crippen molar-refractivity contribution in [2.75, 3.05) is 25.6 Å². The molecule has 0 bridgehead atoms. The molecule has 0 aliphatic carbocycles. The van der Waals surface area contributed by atoms with Gasteiger partial charge in [0.25, 0.3) is 0 Å². The molecule has 1 aromatic heterocycles. The number of rotatable bonds is 4. The van der Waals surface area contributed by atoms with Crippen LogP contribution in [-0.2, 0) is 4.74 Å². The molecular weight excluding hydrogens is 178 g/mol. The lowest BCUT2D eigenvalue weighted by atomic mass is 10.6. The van der Waals surface area contributed by atoms with Crippen molar-refractivity contribution in [2.45, 2.75) is 0 Å². The van der Waals surface area contributed by atoms with E-state index in [1.54, 1.807) is 19.4 Å². The Morgan fingerprint density at radius 1 is 1.67 bits per heavy atom. The van der Waals surface area contributed by atoms with Gasteiger partial charge in [0.05, 0.1) is 6.61 Å². The first-order chi connectivity index (χ1) is 5.83. The van der Waals surface area contributed by atoms with E-state index in [9.17, 15) is 0 Å². The molecule has 0 saturated carbocycles. The molecule has 5 heteroatoms. The zero-order chi connectivity index (χ0) is 8.81. The fraction of sp³-hybridized carbons (Fsp3) is 0.429. The van der Waals surface area contributed by atoms with Gasteiger partial charge in [-0.2, -0.15) is 0 Å². The highest BCUT2D eigenvalue weighted by atomic mass is 35.5. The zero-order valence-corrected chi connectivity index (χ0v) is 7.51. The first-order valence-corrected chi connectivity index (χ1v) is 3.92. The molecule has 0 radical (unpaired) electrons. The minimum Gasteiger partial charge on any atom is -0.383 e. The van der Waals surface area contributed by atoms with Gasteiger partial charge >= 0.3 is 0 Å². The summed E-state index contributed by atoms with van der Waals surface area (Å²) in [4.78, 5) is 7.88. The van der Waals surface area contributed by atoms with Gasteiger partial charge in [0.2, 0.25) is 5.95 Å². The van der Waals surface area contributed by atoms with Gasteiger partial charge in [0.15, 0.2) is 0 Å². The van der Waals surface area contributed by atoms with Crippen molar-refractivity contribution in [3.8, 4) is 0 Å². The van der Waals surface area contributed by atoms with Gasteiger partial charge in [-0.05, 0) is 6.07 Å². The predicted molar refractivity (Wildman–Crippen MR) is 47.4 cm³/mol. The minimum atomic E-state index is 0.435. The number of hydrogen-bond acceptors (Lipinski definition) is 4. The summed E-state index contributed by atoms with van der Waals surface area (Å²) in [6, 6.07) is 1.63. The molecule has 0 fully saturated rings. The van der Waals surface area contributed by atoms with E-state index in [1.165, 1.54) is 0 Å². The smallest absolute Gasteiger partial charge is 0.224 e. The molecule has 0 amide bonds. The molecule has 0 aromatic carbocycles. The second-order valence-corrected chi connectivity index (χ2v) is 2.51. The first-order valence-electron chi connectivity index (χ1n) is 3.54. The van der Waals surface area contributed by atoms with Crippen LogP contribution in [0, 0.1) is 0 Å². The maximum absolute atomic E-state index is 5.64. The van der Waals surface area contributed by atoms with Gasteiger partial charge in [-0.15, -0.1) is 0 Å². The molecule has 0 atom stereocenters. The molecule has 1 aromatic rings. The van der Waals surface area contributed by atoms with Crippen LogP contribution in [-0.4, -0.2) is 30.2 Å². The van der Waals surface area contributed by atoms with Crippen LogP contribution < -0.4 is 5.32 Å². The maximum atomic E-state index is 5.64. The van der Waals surface area contributed by atoms with Crippen molar-refractivity contribution < 1.29 is 4.74 Å². The van der Waals surface area contributed by atoms with Crippen molar-refractivity contribution >= 4 is 17.5 Å².